The number of aryl methyl sites for hydroxylation is 1. The van der Waals surface area contributed by atoms with E-state index >= 15 is 0 Å². The van der Waals surface area contributed by atoms with Crippen LogP contribution in [0.25, 0.3) is 33.9 Å². The number of carbonyl (C=O) groups is 1. The van der Waals surface area contributed by atoms with E-state index in [-0.39, 0.29) is 16.6 Å². The summed E-state index contributed by atoms with van der Waals surface area (Å²) in [5.41, 5.74) is 4.41. The molecule has 5 aromatic rings. The van der Waals surface area contributed by atoms with Crippen molar-refractivity contribution in [1.82, 2.24) is 10.3 Å². The van der Waals surface area contributed by atoms with Crippen molar-refractivity contribution < 1.29 is 18.6 Å². The van der Waals surface area contributed by atoms with E-state index in [0.29, 0.717) is 34.0 Å². The number of rotatable bonds is 6. The minimum Gasteiger partial charge on any atom is -0.451 e. The molecule has 5 rings (SSSR count). The normalized spacial score (nSPS) is 10.8. The second-order valence-corrected chi connectivity index (χ2v) is 8.54. The highest BCUT2D eigenvalue weighted by Gasteiger charge is 2.16. The standard InChI is InChI=1S/C27H20N4O5S/c1-2-16-6-8-17(9-7-16)26-29-21-15-19(10-11-23(21)36-26)28-27(37)30-25(32)24-13-12-22(35-24)18-4-3-5-20(14-18)31(33)34/h3-15H,2H2,1H3,(H2,28,30,32,37). The molecule has 37 heavy (non-hydrogen) atoms. The number of aromatic nitrogens is 1. The zero-order valence-corrected chi connectivity index (χ0v) is 20.4. The fraction of sp³-hybridized carbons (Fsp3) is 0.0741. The van der Waals surface area contributed by atoms with Gasteiger partial charge in [-0.2, -0.15) is 0 Å². The van der Waals surface area contributed by atoms with Gasteiger partial charge < -0.3 is 14.2 Å². The summed E-state index contributed by atoms with van der Waals surface area (Å²) >= 11 is 5.28. The highest BCUT2D eigenvalue weighted by atomic mass is 32.1. The lowest BCUT2D eigenvalue weighted by atomic mass is 10.1. The Hall–Kier alpha value is -4.83. The molecule has 0 spiro atoms. The Kier molecular flexibility index (Phi) is 6.48. The highest BCUT2D eigenvalue weighted by Crippen LogP contribution is 2.27. The van der Waals surface area contributed by atoms with E-state index in [9.17, 15) is 14.9 Å². The van der Waals surface area contributed by atoms with E-state index in [1.807, 2.05) is 24.3 Å². The molecule has 0 atom stereocenters. The van der Waals surface area contributed by atoms with Gasteiger partial charge in [-0.15, -0.1) is 0 Å². The SMILES string of the molecule is CCc1ccc(-c2nc3cc(NC(=S)NC(=O)c4ccc(-c5cccc([N+](=O)[O-])c5)o4)ccc3o2)cc1. The first-order valence-electron chi connectivity index (χ1n) is 11.4. The van der Waals surface area contributed by atoms with Gasteiger partial charge in [0.2, 0.25) is 5.89 Å². The minimum atomic E-state index is -0.561. The number of thiocarbonyl (C=S) groups is 1. The maximum Gasteiger partial charge on any atom is 0.293 e. The molecule has 1 amide bonds. The van der Waals surface area contributed by atoms with Crippen LogP contribution in [0.15, 0.2) is 87.7 Å². The van der Waals surface area contributed by atoms with Crippen molar-refractivity contribution in [3.63, 3.8) is 0 Å². The van der Waals surface area contributed by atoms with Crippen molar-refractivity contribution in [2.24, 2.45) is 0 Å². The summed E-state index contributed by atoms with van der Waals surface area (Å²) in [6, 6.07) is 22.4. The van der Waals surface area contributed by atoms with Crippen LogP contribution in [0.2, 0.25) is 0 Å². The molecule has 2 N–H and O–H groups in total. The third-order valence-corrected chi connectivity index (χ3v) is 5.86. The molecule has 0 bridgehead atoms. The molecular weight excluding hydrogens is 492 g/mol. The van der Waals surface area contributed by atoms with Gasteiger partial charge >= 0.3 is 0 Å². The van der Waals surface area contributed by atoms with Crippen molar-refractivity contribution in [3.05, 3.63) is 100 Å². The van der Waals surface area contributed by atoms with Crippen LogP contribution in [0, 0.1) is 10.1 Å². The van der Waals surface area contributed by atoms with Crippen LogP contribution < -0.4 is 10.6 Å². The molecular formula is C27H20N4O5S. The van der Waals surface area contributed by atoms with Gasteiger partial charge in [-0.05, 0) is 66.7 Å². The van der Waals surface area contributed by atoms with Gasteiger partial charge in [0.1, 0.15) is 11.3 Å². The van der Waals surface area contributed by atoms with Gasteiger partial charge in [0.15, 0.2) is 16.5 Å². The number of nitrogens with one attached hydrogen (secondary N) is 2. The van der Waals surface area contributed by atoms with Gasteiger partial charge in [0.05, 0.1) is 4.92 Å². The number of furan rings is 1. The number of nitro benzene ring substituents is 1. The summed E-state index contributed by atoms with van der Waals surface area (Å²) in [4.78, 5) is 27.7. The summed E-state index contributed by atoms with van der Waals surface area (Å²) in [5.74, 6) is 0.290. The number of hydrogen-bond donors (Lipinski definition) is 2. The third kappa shape index (κ3) is 5.24. The first-order chi connectivity index (χ1) is 17.9. The summed E-state index contributed by atoms with van der Waals surface area (Å²) < 4.78 is 11.5. The number of benzene rings is 3. The topological polar surface area (TPSA) is 123 Å². The summed E-state index contributed by atoms with van der Waals surface area (Å²) in [7, 11) is 0. The summed E-state index contributed by atoms with van der Waals surface area (Å²) in [6.07, 6.45) is 0.957. The van der Waals surface area contributed by atoms with Gasteiger partial charge in [0, 0.05) is 28.9 Å². The first kappa shape index (κ1) is 23.9. The average Bonchev–Trinajstić information content (AvgIpc) is 3.56. The van der Waals surface area contributed by atoms with Crippen LogP contribution in [0.1, 0.15) is 23.0 Å². The van der Waals surface area contributed by atoms with Crippen molar-refractivity contribution in [3.8, 4) is 22.8 Å². The second kappa shape index (κ2) is 10.0. The third-order valence-electron chi connectivity index (χ3n) is 5.65. The number of amides is 1. The lowest BCUT2D eigenvalue weighted by molar-refractivity contribution is -0.384. The van der Waals surface area contributed by atoms with Gasteiger partial charge in [-0.25, -0.2) is 4.98 Å². The fourth-order valence-corrected chi connectivity index (χ4v) is 3.94. The predicted molar refractivity (Wildman–Crippen MR) is 143 cm³/mol. The monoisotopic (exact) mass is 512 g/mol. The van der Waals surface area contributed by atoms with E-state index in [4.69, 9.17) is 21.1 Å². The zero-order valence-electron chi connectivity index (χ0n) is 19.6. The van der Waals surface area contributed by atoms with Crippen molar-refractivity contribution >= 4 is 45.7 Å². The number of nitro groups is 1. The van der Waals surface area contributed by atoms with E-state index in [2.05, 4.69) is 22.5 Å². The van der Waals surface area contributed by atoms with E-state index in [1.165, 1.54) is 23.8 Å². The molecule has 0 aliphatic rings. The van der Waals surface area contributed by atoms with Crippen molar-refractivity contribution in [2.75, 3.05) is 5.32 Å². The van der Waals surface area contributed by atoms with E-state index in [0.717, 1.165) is 12.0 Å². The highest BCUT2D eigenvalue weighted by molar-refractivity contribution is 7.80. The minimum absolute atomic E-state index is 0.0105. The zero-order chi connectivity index (χ0) is 25.9. The average molecular weight is 513 g/mol. The molecule has 0 saturated heterocycles. The van der Waals surface area contributed by atoms with Gasteiger partial charge in [0.25, 0.3) is 11.6 Å². The molecule has 0 unspecified atom stereocenters. The quantitative estimate of drug-likeness (QED) is 0.153. The number of non-ortho nitro benzene ring substituents is 1. The molecule has 0 radical (unpaired) electrons. The number of hydrogen-bond acceptors (Lipinski definition) is 7. The Morgan fingerprint density at radius 1 is 1.00 bits per heavy atom. The summed E-state index contributed by atoms with van der Waals surface area (Å²) in [6.45, 7) is 2.10. The Morgan fingerprint density at radius 3 is 2.57 bits per heavy atom. The van der Waals surface area contributed by atoms with Crippen LogP contribution in [0.5, 0.6) is 0 Å². The number of anilines is 1. The Balaban J connectivity index is 1.25. The summed E-state index contributed by atoms with van der Waals surface area (Å²) in [5, 5.41) is 16.6. The van der Waals surface area contributed by atoms with Gasteiger partial charge in [-0.3, -0.25) is 20.2 Å². The molecule has 0 aliphatic heterocycles. The predicted octanol–water partition coefficient (Wildman–Crippen LogP) is 6.35. The van der Waals surface area contributed by atoms with Crippen LogP contribution >= 0.6 is 12.2 Å². The maximum absolute atomic E-state index is 12.6. The second-order valence-electron chi connectivity index (χ2n) is 8.13. The number of carbonyl (C=O) groups excluding carboxylic acids is 1. The molecule has 2 aromatic heterocycles. The van der Waals surface area contributed by atoms with E-state index in [1.54, 1.807) is 36.4 Å². The molecule has 3 aromatic carbocycles. The molecule has 9 nitrogen and oxygen atoms in total. The maximum atomic E-state index is 12.6. The van der Waals surface area contributed by atoms with E-state index < -0.39 is 10.8 Å². The van der Waals surface area contributed by atoms with Crippen LogP contribution in [-0.2, 0) is 6.42 Å². The number of oxazole rings is 1. The molecule has 10 heteroatoms. The molecule has 0 saturated carbocycles. The lowest BCUT2D eigenvalue weighted by Gasteiger charge is -2.08. The Bertz CT molecular complexity index is 1640. The lowest BCUT2D eigenvalue weighted by Crippen LogP contribution is -2.33. The largest absolute Gasteiger partial charge is 0.451 e. The molecule has 2 heterocycles. The molecule has 0 fully saturated rings. The van der Waals surface area contributed by atoms with Gasteiger partial charge in [-0.1, -0.05) is 31.2 Å². The van der Waals surface area contributed by atoms with Crippen molar-refractivity contribution in [2.45, 2.75) is 13.3 Å². The van der Waals surface area contributed by atoms with Crippen LogP contribution in [-0.4, -0.2) is 20.9 Å². The number of nitrogens with zero attached hydrogens (tertiary/aromatic N) is 2. The Morgan fingerprint density at radius 2 is 1.81 bits per heavy atom. The first-order valence-corrected chi connectivity index (χ1v) is 11.8. The number of fused-ring (bicyclic) bond motifs is 1. The smallest absolute Gasteiger partial charge is 0.293 e. The molecule has 0 aliphatic carbocycles. The fourth-order valence-electron chi connectivity index (χ4n) is 3.73. The van der Waals surface area contributed by atoms with Crippen LogP contribution in [0.3, 0.4) is 0 Å². The van der Waals surface area contributed by atoms with Crippen LogP contribution in [0.4, 0.5) is 11.4 Å². The van der Waals surface area contributed by atoms with Crippen molar-refractivity contribution in [1.29, 1.82) is 0 Å². The Labute approximate surface area is 216 Å². The molecule has 184 valence electrons.